The Balaban J connectivity index is 2.90. The lowest BCUT2D eigenvalue weighted by molar-refractivity contribution is 1.06. The third kappa shape index (κ3) is 1.01. The number of aryl methyl sites for hydroxylation is 2. The molecule has 11 heavy (non-hydrogen) atoms. The van der Waals surface area contributed by atoms with Crippen LogP contribution in [0.3, 0.4) is 0 Å². The molecule has 2 rings (SSSR count). The Hall–Kier alpha value is -0.960. The number of thiophene rings is 1. The van der Waals surface area contributed by atoms with E-state index in [0.29, 0.717) is 0 Å². The molecule has 0 aromatic carbocycles. The zero-order chi connectivity index (χ0) is 7.84. The minimum atomic E-state index is 1.02. The van der Waals surface area contributed by atoms with E-state index in [-0.39, 0.29) is 0 Å². The largest absolute Gasteiger partial charge is 0.158 e. The van der Waals surface area contributed by atoms with Crippen LogP contribution in [0, 0.1) is 13.8 Å². The SMILES string of the molecule is Cc1cc2nncc(C)c2s1. The molecule has 2 heterocycles. The van der Waals surface area contributed by atoms with Crippen LogP contribution in [0.5, 0.6) is 0 Å². The summed E-state index contributed by atoms with van der Waals surface area (Å²) in [6.07, 6.45) is 1.80. The summed E-state index contributed by atoms with van der Waals surface area (Å²) >= 11 is 1.78. The zero-order valence-electron chi connectivity index (χ0n) is 6.46. The van der Waals surface area contributed by atoms with E-state index >= 15 is 0 Å². The van der Waals surface area contributed by atoms with Crippen LogP contribution in [-0.4, -0.2) is 10.2 Å². The van der Waals surface area contributed by atoms with Crippen molar-refractivity contribution in [2.24, 2.45) is 0 Å². The van der Waals surface area contributed by atoms with E-state index in [4.69, 9.17) is 0 Å². The second-order valence-corrected chi connectivity index (χ2v) is 3.86. The van der Waals surface area contributed by atoms with E-state index in [9.17, 15) is 0 Å². The molecular formula is C8H8N2S. The van der Waals surface area contributed by atoms with E-state index < -0.39 is 0 Å². The maximum Gasteiger partial charge on any atom is 0.104 e. The summed E-state index contributed by atoms with van der Waals surface area (Å²) in [6.45, 7) is 4.15. The monoisotopic (exact) mass is 164 g/mol. The Bertz CT molecular complexity index is 392. The van der Waals surface area contributed by atoms with Gasteiger partial charge in [0.05, 0.1) is 10.9 Å². The lowest BCUT2D eigenvalue weighted by atomic mass is 10.3. The Morgan fingerprint density at radius 3 is 2.91 bits per heavy atom. The molecule has 0 fully saturated rings. The van der Waals surface area contributed by atoms with Crippen molar-refractivity contribution in [3.63, 3.8) is 0 Å². The van der Waals surface area contributed by atoms with Crippen LogP contribution in [-0.2, 0) is 0 Å². The van der Waals surface area contributed by atoms with Gasteiger partial charge < -0.3 is 0 Å². The van der Waals surface area contributed by atoms with E-state index in [0.717, 1.165) is 5.52 Å². The van der Waals surface area contributed by atoms with Crippen LogP contribution in [0.15, 0.2) is 12.3 Å². The molecule has 0 amide bonds. The van der Waals surface area contributed by atoms with Crippen LogP contribution < -0.4 is 0 Å². The second kappa shape index (κ2) is 2.27. The third-order valence-corrected chi connectivity index (χ3v) is 2.79. The van der Waals surface area contributed by atoms with Crippen molar-refractivity contribution < 1.29 is 0 Å². The molecule has 3 heteroatoms. The van der Waals surface area contributed by atoms with Crippen LogP contribution >= 0.6 is 11.3 Å². The molecule has 0 bridgehead atoms. The van der Waals surface area contributed by atoms with Gasteiger partial charge >= 0.3 is 0 Å². The number of hydrogen-bond donors (Lipinski definition) is 0. The average molecular weight is 164 g/mol. The minimum absolute atomic E-state index is 1.02. The van der Waals surface area contributed by atoms with Crippen LogP contribution in [0.1, 0.15) is 10.4 Å². The van der Waals surface area contributed by atoms with Gasteiger partial charge in [-0.05, 0) is 25.5 Å². The highest BCUT2D eigenvalue weighted by molar-refractivity contribution is 7.19. The third-order valence-electron chi connectivity index (χ3n) is 1.61. The first-order valence-corrected chi connectivity index (χ1v) is 4.27. The van der Waals surface area contributed by atoms with Gasteiger partial charge in [-0.15, -0.1) is 16.4 Å². The number of hydrogen-bond acceptors (Lipinski definition) is 3. The normalized spacial score (nSPS) is 10.7. The molecule has 0 spiro atoms. The Morgan fingerprint density at radius 1 is 1.36 bits per heavy atom. The first-order chi connectivity index (χ1) is 5.27. The fourth-order valence-electron chi connectivity index (χ4n) is 1.09. The van der Waals surface area contributed by atoms with E-state index in [2.05, 4.69) is 30.1 Å². The van der Waals surface area contributed by atoms with Gasteiger partial charge in [0.2, 0.25) is 0 Å². The molecule has 0 radical (unpaired) electrons. The second-order valence-electron chi connectivity index (χ2n) is 2.60. The van der Waals surface area contributed by atoms with Crippen LogP contribution in [0.2, 0.25) is 0 Å². The zero-order valence-corrected chi connectivity index (χ0v) is 7.27. The van der Waals surface area contributed by atoms with E-state index in [1.54, 1.807) is 17.5 Å². The topological polar surface area (TPSA) is 25.8 Å². The van der Waals surface area contributed by atoms with Gasteiger partial charge in [0.1, 0.15) is 5.52 Å². The van der Waals surface area contributed by atoms with Gasteiger partial charge in [-0.3, -0.25) is 0 Å². The summed E-state index contributed by atoms with van der Waals surface area (Å²) in [7, 11) is 0. The fraction of sp³-hybridized carbons (Fsp3) is 0.250. The molecule has 0 aliphatic heterocycles. The van der Waals surface area contributed by atoms with Crippen molar-refractivity contribution in [1.82, 2.24) is 10.2 Å². The van der Waals surface area contributed by atoms with Gasteiger partial charge in [0, 0.05) is 4.88 Å². The molecule has 0 aliphatic rings. The Morgan fingerprint density at radius 2 is 2.18 bits per heavy atom. The maximum absolute atomic E-state index is 4.02. The van der Waals surface area contributed by atoms with Gasteiger partial charge in [-0.25, -0.2) is 0 Å². The summed E-state index contributed by atoms with van der Waals surface area (Å²) in [5.41, 5.74) is 2.24. The van der Waals surface area contributed by atoms with Gasteiger partial charge in [-0.1, -0.05) is 0 Å². The van der Waals surface area contributed by atoms with E-state index in [1.165, 1.54) is 15.1 Å². The highest BCUT2D eigenvalue weighted by atomic mass is 32.1. The van der Waals surface area contributed by atoms with Crippen molar-refractivity contribution in [1.29, 1.82) is 0 Å². The van der Waals surface area contributed by atoms with Crippen LogP contribution in [0.25, 0.3) is 10.2 Å². The summed E-state index contributed by atoms with van der Waals surface area (Å²) in [5.74, 6) is 0. The Kier molecular flexibility index (Phi) is 1.39. The lowest BCUT2D eigenvalue weighted by Crippen LogP contribution is -1.80. The van der Waals surface area contributed by atoms with Gasteiger partial charge in [0.25, 0.3) is 0 Å². The number of nitrogens with zero attached hydrogens (tertiary/aromatic N) is 2. The standard InChI is InChI=1S/C8H8N2S/c1-5-4-9-10-7-3-6(2)11-8(5)7/h3-4H,1-2H3. The molecule has 0 atom stereocenters. The van der Waals surface area contributed by atoms with Crippen LogP contribution in [0.4, 0.5) is 0 Å². The Labute approximate surface area is 68.9 Å². The van der Waals surface area contributed by atoms with E-state index in [1.807, 2.05) is 0 Å². The summed E-state index contributed by atoms with van der Waals surface area (Å²) in [6, 6.07) is 2.07. The molecule has 2 aromatic heterocycles. The summed E-state index contributed by atoms with van der Waals surface area (Å²) in [5, 5.41) is 7.91. The number of rotatable bonds is 0. The highest BCUT2D eigenvalue weighted by Crippen LogP contribution is 2.24. The summed E-state index contributed by atoms with van der Waals surface area (Å²) < 4.78 is 1.26. The maximum atomic E-state index is 4.02. The molecule has 0 saturated carbocycles. The van der Waals surface area contributed by atoms with Crippen molar-refractivity contribution in [3.05, 3.63) is 22.7 Å². The molecule has 0 N–H and O–H groups in total. The van der Waals surface area contributed by atoms with Crippen molar-refractivity contribution >= 4 is 21.6 Å². The van der Waals surface area contributed by atoms with Crippen molar-refractivity contribution in [3.8, 4) is 0 Å². The molecule has 2 aromatic rings. The lowest BCUT2D eigenvalue weighted by Gasteiger charge is -1.89. The fourth-order valence-corrected chi connectivity index (χ4v) is 2.00. The highest BCUT2D eigenvalue weighted by Gasteiger charge is 2.01. The molecule has 0 saturated heterocycles. The number of aromatic nitrogens is 2. The first-order valence-electron chi connectivity index (χ1n) is 3.46. The van der Waals surface area contributed by atoms with Crippen molar-refractivity contribution in [2.45, 2.75) is 13.8 Å². The molecule has 0 aliphatic carbocycles. The predicted octanol–water partition coefficient (Wildman–Crippen LogP) is 2.31. The van der Waals surface area contributed by atoms with Gasteiger partial charge in [-0.2, -0.15) is 5.10 Å². The number of fused-ring (bicyclic) bond motifs is 1. The minimum Gasteiger partial charge on any atom is -0.158 e. The summed E-state index contributed by atoms with van der Waals surface area (Å²) in [4.78, 5) is 1.30. The molecule has 0 unspecified atom stereocenters. The quantitative estimate of drug-likeness (QED) is 0.597. The predicted molar refractivity (Wildman–Crippen MR) is 46.9 cm³/mol. The van der Waals surface area contributed by atoms with Crippen molar-refractivity contribution in [2.75, 3.05) is 0 Å². The smallest absolute Gasteiger partial charge is 0.104 e. The molecule has 56 valence electrons. The molecular weight excluding hydrogens is 156 g/mol. The average Bonchev–Trinajstić information content (AvgIpc) is 2.31. The first kappa shape index (κ1) is 6.73. The molecule has 2 nitrogen and oxygen atoms in total. The van der Waals surface area contributed by atoms with Gasteiger partial charge in [0.15, 0.2) is 0 Å².